The highest BCUT2D eigenvalue weighted by atomic mass is 79.9. The fourth-order valence-electron chi connectivity index (χ4n) is 4.61. The average Bonchev–Trinajstić information content (AvgIpc) is 3.27. The Kier molecular flexibility index (Phi) is 5.52. The maximum Gasteiger partial charge on any atom is 0.326 e. The number of imide groups is 1. The number of ketones is 1. The van der Waals surface area contributed by atoms with Crippen LogP contribution < -0.4 is 0 Å². The zero-order valence-corrected chi connectivity index (χ0v) is 19.3. The van der Waals surface area contributed by atoms with E-state index in [4.69, 9.17) is 4.74 Å². The molecule has 2 amide bonds. The maximum atomic E-state index is 12.8. The molecule has 3 fully saturated rings. The number of halogens is 3. The molecule has 1 heterocycles. The second-order valence-corrected chi connectivity index (χ2v) is 10.4. The third-order valence-electron chi connectivity index (χ3n) is 5.90. The van der Waals surface area contributed by atoms with Crippen molar-refractivity contribution in [1.29, 1.82) is 0 Å². The van der Waals surface area contributed by atoms with Crippen molar-refractivity contribution >= 4 is 71.4 Å². The minimum atomic E-state index is -0.759. The molecule has 2 bridgehead atoms. The van der Waals surface area contributed by atoms with Gasteiger partial charge in [0.2, 0.25) is 11.8 Å². The van der Waals surface area contributed by atoms with E-state index in [1.165, 1.54) is 0 Å². The third kappa shape index (κ3) is 3.29. The van der Waals surface area contributed by atoms with Gasteiger partial charge in [-0.25, -0.2) is 0 Å². The number of hydrogen-bond acceptors (Lipinski definition) is 5. The molecule has 1 aliphatic heterocycles. The lowest BCUT2D eigenvalue weighted by Crippen LogP contribution is -2.38. The third-order valence-corrected chi connectivity index (χ3v) is 9.63. The van der Waals surface area contributed by atoms with E-state index in [1.807, 2.05) is 0 Å². The van der Waals surface area contributed by atoms with Gasteiger partial charge in [-0.1, -0.05) is 59.9 Å². The van der Waals surface area contributed by atoms with Crippen LogP contribution in [0.3, 0.4) is 0 Å². The largest absolute Gasteiger partial charge is 0.456 e. The number of benzene rings is 1. The number of Topliss-reactive ketones (excluding diaryl/α,β-unsaturated/α-hetero) is 1. The van der Waals surface area contributed by atoms with Crippen molar-refractivity contribution in [1.82, 2.24) is 4.90 Å². The van der Waals surface area contributed by atoms with E-state index in [0.29, 0.717) is 5.56 Å². The van der Waals surface area contributed by atoms with Crippen LogP contribution in [0.2, 0.25) is 0 Å². The van der Waals surface area contributed by atoms with Crippen molar-refractivity contribution in [3.05, 3.63) is 34.3 Å². The summed E-state index contributed by atoms with van der Waals surface area (Å²) in [6.07, 6.45) is 0.832. The van der Waals surface area contributed by atoms with Gasteiger partial charge in [-0.15, -0.1) is 0 Å². The van der Waals surface area contributed by atoms with E-state index in [1.54, 1.807) is 24.3 Å². The van der Waals surface area contributed by atoms with Crippen LogP contribution >= 0.6 is 47.8 Å². The number of amides is 2. The number of likely N-dealkylation sites (tertiary alicyclic amines) is 1. The number of alkyl halides is 2. The predicted octanol–water partition coefficient (Wildman–Crippen LogP) is 2.95. The van der Waals surface area contributed by atoms with Crippen LogP contribution in [0.25, 0.3) is 0 Å². The molecule has 28 heavy (non-hydrogen) atoms. The SMILES string of the molecule is O=C(CN1C(=O)[C@@H]2[C@H]3C[C@@H]([C@@H](Br)[C@H]3Br)[C@H]2C1=O)OCC(=O)c1ccc(Br)cc1. The van der Waals surface area contributed by atoms with E-state index in [2.05, 4.69) is 47.8 Å². The van der Waals surface area contributed by atoms with Crippen LogP contribution in [0.4, 0.5) is 0 Å². The average molecular weight is 578 g/mol. The number of fused-ring (bicyclic) bond motifs is 5. The van der Waals surface area contributed by atoms with Crippen LogP contribution in [-0.2, 0) is 19.1 Å². The highest BCUT2D eigenvalue weighted by Gasteiger charge is 2.66. The Morgan fingerprint density at radius 2 is 1.54 bits per heavy atom. The fourth-order valence-corrected chi connectivity index (χ4v) is 6.74. The van der Waals surface area contributed by atoms with E-state index < -0.39 is 19.1 Å². The Hall–Kier alpha value is -1.06. The summed E-state index contributed by atoms with van der Waals surface area (Å²) < 4.78 is 5.85. The molecular weight excluding hydrogens is 562 g/mol. The zero-order chi connectivity index (χ0) is 20.2. The van der Waals surface area contributed by atoms with Gasteiger partial charge in [-0.05, 0) is 30.4 Å². The van der Waals surface area contributed by atoms with Gasteiger partial charge < -0.3 is 4.74 Å². The van der Waals surface area contributed by atoms with E-state index >= 15 is 0 Å². The van der Waals surface area contributed by atoms with Crippen LogP contribution in [0.5, 0.6) is 0 Å². The van der Waals surface area contributed by atoms with Gasteiger partial charge in [0.05, 0.1) is 11.8 Å². The summed E-state index contributed by atoms with van der Waals surface area (Å²) in [5.41, 5.74) is 0.419. The van der Waals surface area contributed by atoms with Crippen molar-refractivity contribution in [2.45, 2.75) is 16.1 Å². The molecule has 1 saturated heterocycles. The van der Waals surface area contributed by atoms with Gasteiger partial charge in [0.25, 0.3) is 0 Å². The quantitative estimate of drug-likeness (QED) is 0.233. The van der Waals surface area contributed by atoms with E-state index in [0.717, 1.165) is 15.8 Å². The summed E-state index contributed by atoms with van der Waals surface area (Å²) in [6, 6.07) is 6.69. The van der Waals surface area contributed by atoms with Gasteiger partial charge in [0.1, 0.15) is 6.54 Å². The summed E-state index contributed by atoms with van der Waals surface area (Å²) in [4.78, 5) is 51.1. The molecule has 0 unspecified atom stereocenters. The van der Waals surface area contributed by atoms with Crippen LogP contribution in [0, 0.1) is 23.7 Å². The number of carbonyl (C=O) groups is 4. The molecule has 3 aliphatic rings. The fraction of sp³-hybridized carbons (Fsp3) is 0.474. The number of nitrogens with zero attached hydrogens (tertiary/aromatic N) is 1. The lowest BCUT2D eigenvalue weighted by atomic mass is 9.81. The van der Waals surface area contributed by atoms with Gasteiger partial charge in [-0.3, -0.25) is 24.1 Å². The molecule has 6 nitrogen and oxygen atoms in total. The first-order valence-electron chi connectivity index (χ1n) is 8.87. The zero-order valence-electron chi connectivity index (χ0n) is 14.5. The number of ether oxygens (including phenoxy) is 1. The molecule has 2 saturated carbocycles. The number of esters is 1. The van der Waals surface area contributed by atoms with Crippen LogP contribution in [0.1, 0.15) is 16.8 Å². The Balaban J connectivity index is 1.36. The van der Waals surface area contributed by atoms with Crippen molar-refractivity contribution in [2.24, 2.45) is 23.7 Å². The lowest BCUT2D eigenvalue weighted by Gasteiger charge is -2.28. The van der Waals surface area contributed by atoms with E-state index in [-0.39, 0.29) is 50.9 Å². The van der Waals surface area contributed by atoms with Crippen molar-refractivity contribution < 1.29 is 23.9 Å². The Bertz CT molecular complexity index is 826. The Labute approximate surface area is 186 Å². The summed E-state index contributed by atoms with van der Waals surface area (Å²) in [7, 11) is 0. The standard InChI is InChI=1S/C19H16Br3NO5/c20-9-3-1-8(2-4-9)12(24)7-28-13(25)6-23-18(26)14-10-5-11(15(14)19(23)27)17(22)16(10)21/h1-4,10-11,14-17H,5-7H2/t10-,11-,14-,15-,16-,17+/m1/s1. The predicted molar refractivity (Wildman–Crippen MR) is 110 cm³/mol. The van der Waals surface area contributed by atoms with Crippen molar-refractivity contribution in [3.63, 3.8) is 0 Å². The van der Waals surface area contributed by atoms with Crippen LogP contribution in [0.15, 0.2) is 28.7 Å². The van der Waals surface area contributed by atoms with Gasteiger partial charge in [0, 0.05) is 19.7 Å². The molecule has 2 aliphatic carbocycles. The van der Waals surface area contributed by atoms with Crippen molar-refractivity contribution in [2.75, 3.05) is 13.2 Å². The topological polar surface area (TPSA) is 80.8 Å². The minimum Gasteiger partial charge on any atom is -0.456 e. The molecule has 148 valence electrons. The second-order valence-electron chi connectivity index (χ2n) is 7.36. The summed E-state index contributed by atoms with van der Waals surface area (Å²) in [5.74, 6) is -2.26. The highest BCUT2D eigenvalue weighted by Crippen LogP contribution is 2.60. The monoisotopic (exact) mass is 575 g/mol. The first kappa shape index (κ1) is 20.2. The smallest absolute Gasteiger partial charge is 0.326 e. The lowest BCUT2D eigenvalue weighted by molar-refractivity contribution is -0.152. The van der Waals surface area contributed by atoms with Crippen LogP contribution in [-0.4, -0.2) is 51.3 Å². The Morgan fingerprint density at radius 1 is 1.00 bits per heavy atom. The molecule has 1 aromatic rings. The second kappa shape index (κ2) is 7.65. The molecule has 0 radical (unpaired) electrons. The number of rotatable bonds is 5. The highest BCUT2D eigenvalue weighted by molar-refractivity contribution is 9.12. The minimum absolute atomic E-state index is 0.0934. The normalized spacial score (nSPS) is 33.3. The Morgan fingerprint density at radius 3 is 2.07 bits per heavy atom. The molecule has 6 atom stereocenters. The first-order chi connectivity index (χ1) is 13.3. The molecule has 0 aromatic heterocycles. The summed E-state index contributed by atoms with van der Waals surface area (Å²) in [6.45, 7) is -0.876. The molecule has 9 heteroatoms. The van der Waals surface area contributed by atoms with Gasteiger partial charge in [0.15, 0.2) is 12.4 Å². The van der Waals surface area contributed by atoms with Gasteiger partial charge >= 0.3 is 5.97 Å². The first-order valence-corrected chi connectivity index (χ1v) is 11.5. The van der Waals surface area contributed by atoms with E-state index in [9.17, 15) is 19.2 Å². The molecule has 4 rings (SSSR count). The number of hydrogen-bond donors (Lipinski definition) is 0. The molecule has 0 N–H and O–H groups in total. The summed E-state index contributed by atoms with van der Waals surface area (Å²) >= 11 is 10.5. The van der Waals surface area contributed by atoms with Gasteiger partial charge in [-0.2, -0.15) is 0 Å². The summed E-state index contributed by atoms with van der Waals surface area (Å²) in [5, 5.41) is 0. The molecule has 1 aromatic carbocycles. The van der Waals surface area contributed by atoms with Crippen molar-refractivity contribution in [3.8, 4) is 0 Å². The molecular formula is C19H16Br3NO5. The number of carbonyl (C=O) groups excluding carboxylic acids is 4. The molecule has 0 spiro atoms. The maximum absolute atomic E-state index is 12.8.